The van der Waals surface area contributed by atoms with Crippen molar-refractivity contribution in [3.8, 4) is 17.2 Å². The normalized spacial score (nSPS) is 20.1. The summed E-state index contributed by atoms with van der Waals surface area (Å²) in [7, 11) is -0.814. The molecular weight excluding hydrogens is 602 g/mol. The van der Waals surface area contributed by atoms with Crippen molar-refractivity contribution in [2.24, 2.45) is 0 Å². The van der Waals surface area contributed by atoms with Gasteiger partial charge in [0.15, 0.2) is 11.5 Å². The lowest BCUT2D eigenvalue weighted by Crippen LogP contribution is -2.49. The molecule has 4 bridgehead atoms. The van der Waals surface area contributed by atoms with E-state index < -0.39 is 28.1 Å². The number of nitrogens with one attached hydrogen (secondary N) is 1. The van der Waals surface area contributed by atoms with E-state index in [0.29, 0.717) is 30.2 Å². The zero-order valence-electron chi connectivity index (χ0n) is 25.7. The van der Waals surface area contributed by atoms with Gasteiger partial charge < -0.3 is 29.2 Å². The molecule has 2 atom stereocenters. The molecule has 0 unspecified atom stereocenters. The number of hydrogen-bond acceptors (Lipinski definition) is 9. The Morgan fingerprint density at radius 3 is 2.67 bits per heavy atom. The Morgan fingerprint density at radius 1 is 1.07 bits per heavy atom. The van der Waals surface area contributed by atoms with E-state index in [-0.39, 0.29) is 56.6 Å². The number of benzene rings is 2. The molecule has 0 saturated carbocycles. The minimum atomic E-state index is -3.90. The van der Waals surface area contributed by atoms with Crippen LogP contribution < -0.4 is 14.8 Å². The lowest BCUT2D eigenvalue weighted by atomic mass is 10.1. The summed E-state index contributed by atoms with van der Waals surface area (Å²) in [5, 5.41) is 7.05. The summed E-state index contributed by atoms with van der Waals surface area (Å²) >= 11 is 0. The first-order chi connectivity index (χ1) is 21.7. The Morgan fingerprint density at radius 2 is 1.91 bits per heavy atom. The highest BCUT2D eigenvalue weighted by Crippen LogP contribution is 2.33. The zero-order valence-corrected chi connectivity index (χ0v) is 26.5. The fourth-order valence-corrected chi connectivity index (χ4v) is 6.79. The Kier molecular flexibility index (Phi) is 10.4. The lowest BCUT2D eigenvalue weighted by Gasteiger charge is -2.25. The number of sulfonamides is 1. The highest BCUT2D eigenvalue weighted by Gasteiger charge is 2.41. The van der Waals surface area contributed by atoms with E-state index in [1.54, 1.807) is 17.9 Å². The number of amides is 2. The molecule has 5 rings (SSSR count). The summed E-state index contributed by atoms with van der Waals surface area (Å²) in [5.74, 6) is 0.965. The van der Waals surface area contributed by atoms with E-state index in [0.717, 1.165) is 11.1 Å². The number of hydrogen-bond donors (Lipinski definition) is 1. The van der Waals surface area contributed by atoms with Gasteiger partial charge in [-0.15, -0.1) is 0 Å². The number of rotatable bonds is 7. The molecule has 14 heteroatoms. The summed E-state index contributed by atoms with van der Waals surface area (Å²) in [6, 6.07) is 12.2. The Labute approximate surface area is 263 Å². The van der Waals surface area contributed by atoms with Gasteiger partial charge in [-0.25, -0.2) is 8.42 Å². The molecule has 13 nitrogen and oxygen atoms in total. The van der Waals surface area contributed by atoms with Gasteiger partial charge in [0.1, 0.15) is 10.6 Å². The van der Waals surface area contributed by atoms with Crippen LogP contribution in [-0.4, -0.2) is 98.4 Å². The fraction of sp³-hybridized carbons (Fsp3) is 0.452. The van der Waals surface area contributed by atoms with Crippen LogP contribution >= 0.6 is 0 Å². The van der Waals surface area contributed by atoms with E-state index in [2.05, 4.69) is 10.4 Å². The van der Waals surface area contributed by atoms with Gasteiger partial charge in [0.05, 0.1) is 45.2 Å². The maximum Gasteiger partial charge on any atom is 0.246 e. The highest BCUT2D eigenvalue weighted by molar-refractivity contribution is 7.89. The average Bonchev–Trinajstić information content (AvgIpc) is 3.69. The van der Waals surface area contributed by atoms with Crippen LogP contribution in [0.25, 0.3) is 0 Å². The van der Waals surface area contributed by atoms with Crippen LogP contribution in [0.3, 0.4) is 0 Å². The Bertz CT molecular complexity index is 1610. The third-order valence-electron chi connectivity index (χ3n) is 7.85. The van der Waals surface area contributed by atoms with Crippen LogP contribution in [0.5, 0.6) is 17.2 Å². The van der Waals surface area contributed by atoms with Gasteiger partial charge in [-0.1, -0.05) is 18.2 Å². The van der Waals surface area contributed by atoms with Crippen molar-refractivity contribution in [1.29, 1.82) is 0 Å². The molecule has 2 aromatic carbocycles. The second kappa shape index (κ2) is 14.4. The average molecular weight is 642 g/mol. The molecule has 45 heavy (non-hydrogen) atoms. The summed E-state index contributed by atoms with van der Waals surface area (Å²) in [6.07, 6.45) is 2.73. The summed E-state index contributed by atoms with van der Waals surface area (Å²) in [6.45, 7) is 2.83. The van der Waals surface area contributed by atoms with Gasteiger partial charge in [-0.05, 0) is 48.7 Å². The number of carbonyl (C=O) groups is 2. The molecule has 0 radical (unpaired) electrons. The molecule has 1 saturated heterocycles. The molecule has 3 heterocycles. The van der Waals surface area contributed by atoms with Gasteiger partial charge in [0.2, 0.25) is 21.8 Å². The minimum Gasteiger partial charge on any atom is -0.493 e. The highest BCUT2D eigenvalue weighted by atomic mass is 32.2. The van der Waals surface area contributed by atoms with E-state index in [4.69, 9.17) is 18.9 Å². The van der Waals surface area contributed by atoms with Crippen LogP contribution in [-0.2, 0) is 48.7 Å². The quantitative estimate of drug-likeness (QED) is 0.411. The Balaban J connectivity index is 1.44. The second-order valence-electron chi connectivity index (χ2n) is 10.9. The third kappa shape index (κ3) is 7.82. The summed E-state index contributed by atoms with van der Waals surface area (Å²) < 4.78 is 53.1. The van der Waals surface area contributed by atoms with Crippen molar-refractivity contribution < 1.29 is 37.0 Å². The molecule has 242 valence electrons. The van der Waals surface area contributed by atoms with Crippen LogP contribution in [0.15, 0.2) is 59.8 Å². The molecule has 1 fully saturated rings. The monoisotopic (exact) mass is 641 g/mol. The molecule has 2 aliphatic rings. The standard InChI is InChI=1S/C31H39N5O8S/c1-4-35-17-25(16-32-35)45(39,40)36-18-26-29(19-36)43-21-23-6-5-7-24(14-23)44-28-15-22(8-10-27(28)42-3)9-11-31(38)34(12-13-41-2)20-30(37)33-26/h5-8,10,14-17,26,29H,4,9,11-13,18-21H2,1-3H3,(H,33,37)/t26-,29-/m0/s1. The minimum absolute atomic E-state index is 0.000345. The van der Waals surface area contributed by atoms with Gasteiger partial charge in [0.25, 0.3) is 0 Å². The van der Waals surface area contributed by atoms with E-state index in [1.807, 2.05) is 43.3 Å². The van der Waals surface area contributed by atoms with E-state index in [9.17, 15) is 18.0 Å². The predicted octanol–water partition coefficient (Wildman–Crippen LogP) is 2.20. The number of methoxy groups -OCH3 is 2. The van der Waals surface area contributed by atoms with Crippen molar-refractivity contribution in [2.45, 2.75) is 50.0 Å². The van der Waals surface area contributed by atoms with Crippen LogP contribution in [0, 0.1) is 0 Å². The van der Waals surface area contributed by atoms with E-state index in [1.165, 1.54) is 28.7 Å². The van der Waals surface area contributed by atoms with Crippen LogP contribution in [0.1, 0.15) is 24.5 Å². The molecule has 2 aliphatic heterocycles. The summed E-state index contributed by atoms with van der Waals surface area (Å²) in [4.78, 5) is 28.2. The molecular formula is C31H39N5O8S. The number of aryl methyl sites for hydroxylation is 2. The first-order valence-electron chi connectivity index (χ1n) is 14.8. The first kappa shape index (κ1) is 32.4. The third-order valence-corrected chi connectivity index (χ3v) is 9.63. The lowest BCUT2D eigenvalue weighted by molar-refractivity contribution is -0.137. The van der Waals surface area contributed by atoms with Crippen LogP contribution in [0.4, 0.5) is 0 Å². The zero-order chi connectivity index (χ0) is 32.0. The number of fused-ring (bicyclic) bond motifs is 5. The number of ether oxygens (including phenoxy) is 4. The largest absolute Gasteiger partial charge is 0.493 e. The van der Waals surface area contributed by atoms with Crippen molar-refractivity contribution in [1.82, 2.24) is 24.3 Å². The second-order valence-corrected chi connectivity index (χ2v) is 12.9. The first-order valence-corrected chi connectivity index (χ1v) is 16.3. The smallest absolute Gasteiger partial charge is 0.246 e. The molecule has 1 N–H and O–H groups in total. The topological polar surface area (TPSA) is 142 Å². The molecule has 0 aliphatic carbocycles. The van der Waals surface area contributed by atoms with Gasteiger partial charge >= 0.3 is 0 Å². The van der Waals surface area contributed by atoms with Gasteiger partial charge in [-0.3, -0.25) is 14.3 Å². The predicted molar refractivity (Wildman–Crippen MR) is 163 cm³/mol. The maximum absolute atomic E-state index is 13.5. The van der Waals surface area contributed by atoms with Gasteiger partial charge in [-0.2, -0.15) is 9.40 Å². The number of aromatic nitrogens is 2. The fourth-order valence-electron chi connectivity index (χ4n) is 5.36. The molecule has 1 aromatic heterocycles. The van der Waals surface area contributed by atoms with Crippen molar-refractivity contribution >= 4 is 21.8 Å². The van der Waals surface area contributed by atoms with E-state index >= 15 is 0 Å². The molecule has 0 spiro atoms. The summed E-state index contributed by atoms with van der Waals surface area (Å²) in [5.41, 5.74) is 1.67. The van der Waals surface area contributed by atoms with Crippen LogP contribution in [0.2, 0.25) is 0 Å². The van der Waals surface area contributed by atoms with Crippen molar-refractivity contribution in [2.75, 3.05) is 47.0 Å². The Hall–Kier alpha value is -3.98. The molecule has 3 aromatic rings. The maximum atomic E-state index is 13.5. The molecule has 2 amide bonds. The van der Waals surface area contributed by atoms with Crippen molar-refractivity contribution in [3.63, 3.8) is 0 Å². The van der Waals surface area contributed by atoms with Crippen molar-refractivity contribution in [3.05, 3.63) is 66.0 Å². The number of carbonyl (C=O) groups excluding carboxylic acids is 2. The number of nitrogens with zero attached hydrogens (tertiary/aromatic N) is 4. The SMILES string of the molecule is CCn1cc(S(=O)(=O)N2C[C@@H]3NC(=O)CN(CCOC)C(=O)CCc4ccc(OC)c(c4)Oc4cccc(c4)CO[C@H]3C2)cn1. The van der Waals surface area contributed by atoms with Gasteiger partial charge in [0, 0.05) is 45.9 Å².